The predicted molar refractivity (Wildman–Crippen MR) is 65.6 cm³/mol. The normalized spacial score (nSPS) is 16.9. The van der Waals surface area contributed by atoms with Gasteiger partial charge in [-0.2, -0.15) is 0 Å². The highest BCUT2D eigenvalue weighted by atomic mass is 16.4. The third kappa shape index (κ3) is 4.02. The summed E-state index contributed by atoms with van der Waals surface area (Å²) in [6.45, 7) is 5.98. The summed E-state index contributed by atoms with van der Waals surface area (Å²) in [5.41, 5.74) is 0. The molecule has 0 bridgehead atoms. The van der Waals surface area contributed by atoms with Crippen molar-refractivity contribution in [1.82, 2.24) is 4.90 Å². The largest absolute Gasteiger partial charge is 0.480 e. The van der Waals surface area contributed by atoms with Gasteiger partial charge < -0.3 is 10.0 Å². The van der Waals surface area contributed by atoms with Crippen molar-refractivity contribution < 1.29 is 14.7 Å². The van der Waals surface area contributed by atoms with E-state index in [1.54, 1.807) is 4.90 Å². The van der Waals surface area contributed by atoms with Gasteiger partial charge in [-0.05, 0) is 25.2 Å². The molecule has 1 amide bonds. The summed E-state index contributed by atoms with van der Waals surface area (Å²) < 4.78 is 0. The molecule has 0 aromatic heterocycles. The molecule has 0 aromatic rings. The van der Waals surface area contributed by atoms with Gasteiger partial charge in [0.2, 0.25) is 5.91 Å². The van der Waals surface area contributed by atoms with Crippen molar-refractivity contribution in [2.24, 2.45) is 11.8 Å². The first kappa shape index (κ1) is 14.0. The number of carboxylic acids is 1. The second-order valence-electron chi connectivity index (χ2n) is 5.23. The monoisotopic (exact) mass is 241 g/mol. The zero-order valence-electron chi connectivity index (χ0n) is 11.0. The van der Waals surface area contributed by atoms with Gasteiger partial charge in [-0.25, -0.2) is 0 Å². The standard InChI is InChI=1S/C13H23NO3/c1-4-5-11(9(2)3)13(17)14(8-12(15)16)10-6-7-10/h9-11H,4-8H2,1-3H3,(H,15,16). The first-order valence-corrected chi connectivity index (χ1v) is 6.49. The van der Waals surface area contributed by atoms with Gasteiger partial charge in [0.05, 0.1) is 0 Å². The van der Waals surface area contributed by atoms with Gasteiger partial charge in [0.15, 0.2) is 0 Å². The molecule has 0 aromatic carbocycles. The van der Waals surface area contributed by atoms with Crippen molar-refractivity contribution in [3.63, 3.8) is 0 Å². The summed E-state index contributed by atoms with van der Waals surface area (Å²) in [6, 6.07) is 0.178. The molecule has 0 radical (unpaired) electrons. The molecule has 0 heterocycles. The van der Waals surface area contributed by atoms with E-state index in [4.69, 9.17) is 5.11 Å². The van der Waals surface area contributed by atoms with Crippen LogP contribution in [0.2, 0.25) is 0 Å². The molecule has 1 aliphatic carbocycles. The number of aliphatic carboxylic acids is 1. The van der Waals surface area contributed by atoms with E-state index in [2.05, 4.69) is 6.92 Å². The van der Waals surface area contributed by atoms with Crippen LogP contribution in [0.4, 0.5) is 0 Å². The van der Waals surface area contributed by atoms with Gasteiger partial charge in [-0.1, -0.05) is 27.2 Å². The number of nitrogens with zero attached hydrogens (tertiary/aromatic N) is 1. The number of rotatable bonds is 7. The van der Waals surface area contributed by atoms with Crippen molar-refractivity contribution in [2.75, 3.05) is 6.54 Å². The van der Waals surface area contributed by atoms with Gasteiger partial charge in [-0.3, -0.25) is 9.59 Å². The Morgan fingerprint density at radius 1 is 1.35 bits per heavy atom. The molecule has 0 saturated heterocycles. The van der Waals surface area contributed by atoms with Gasteiger partial charge in [0.25, 0.3) is 0 Å². The molecule has 1 aliphatic rings. The molecule has 17 heavy (non-hydrogen) atoms. The van der Waals surface area contributed by atoms with Gasteiger partial charge in [0.1, 0.15) is 6.54 Å². The lowest BCUT2D eigenvalue weighted by molar-refractivity contribution is -0.147. The summed E-state index contributed by atoms with van der Waals surface area (Å²) in [5, 5.41) is 8.87. The zero-order valence-corrected chi connectivity index (χ0v) is 11.0. The molecule has 98 valence electrons. The predicted octanol–water partition coefficient (Wildman–Crippen LogP) is 2.13. The Hall–Kier alpha value is -1.06. The molecule has 0 spiro atoms. The summed E-state index contributed by atoms with van der Waals surface area (Å²) in [5.74, 6) is -0.631. The first-order chi connectivity index (χ1) is 7.97. The minimum atomic E-state index is -0.913. The van der Waals surface area contributed by atoms with Crippen LogP contribution in [0, 0.1) is 11.8 Å². The van der Waals surface area contributed by atoms with Crippen LogP contribution < -0.4 is 0 Å². The molecular formula is C13H23NO3. The fourth-order valence-corrected chi connectivity index (χ4v) is 2.18. The van der Waals surface area contributed by atoms with Crippen LogP contribution in [0.1, 0.15) is 46.5 Å². The Morgan fingerprint density at radius 2 is 1.94 bits per heavy atom. The maximum absolute atomic E-state index is 12.4. The second-order valence-corrected chi connectivity index (χ2v) is 5.23. The Labute approximate surface area is 103 Å². The fourth-order valence-electron chi connectivity index (χ4n) is 2.18. The van der Waals surface area contributed by atoms with E-state index in [1.165, 1.54) is 0 Å². The number of carbonyl (C=O) groups is 2. The molecule has 1 atom stereocenters. The van der Waals surface area contributed by atoms with E-state index in [9.17, 15) is 9.59 Å². The fraction of sp³-hybridized carbons (Fsp3) is 0.846. The number of carboxylic acid groups (broad SMARTS) is 1. The molecule has 1 rings (SSSR count). The van der Waals surface area contributed by atoms with Gasteiger partial charge >= 0.3 is 5.97 Å². The molecule has 1 fully saturated rings. The molecule has 1 saturated carbocycles. The van der Waals surface area contributed by atoms with Crippen LogP contribution in [0.3, 0.4) is 0 Å². The number of hydrogen-bond donors (Lipinski definition) is 1. The highest BCUT2D eigenvalue weighted by Crippen LogP contribution is 2.30. The highest BCUT2D eigenvalue weighted by molar-refractivity contribution is 5.83. The van der Waals surface area contributed by atoms with Crippen molar-refractivity contribution >= 4 is 11.9 Å². The Morgan fingerprint density at radius 3 is 2.29 bits per heavy atom. The Bertz CT molecular complexity index is 284. The van der Waals surface area contributed by atoms with Crippen LogP contribution in [-0.2, 0) is 9.59 Å². The van der Waals surface area contributed by atoms with Crippen molar-refractivity contribution in [3.05, 3.63) is 0 Å². The first-order valence-electron chi connectivity index (χ1n) is 6.49. The summed E-state index contributed by atoms with van der Waals surface area (Å²) in [4.78, 5) is 24.7. The average Bonchev–Trinajstić information content (AvgIpc) is 3.04. The molecule has 0 aliphatic heterocycles. The van der Waals surface area contributed by atoms with E-state index >= 15 is 0 Å². The molecule has 4 heteroatoms. The third-order valence-corrected chi connectivity index (χ3v) is 3.30. The van der Waals surface area contributed by atoms with Gasteiger partial charge in [0, 0.05) is 12.0 Å². The molecule has 1 N–H and O–H groups in total. The van der Waals surface area contributed by atoms with Crippen LogP contribution in [-0.4, -0.2) is 34.5 Å². The van der Waals surface area contributed by atoms with Crippen LogP contribution in [0.5, 0.6) is 0 Å². The third-order valence-electron chi connectivity index (χ3n) is 3.30. The minimum absolute atomic E-state index is 0.0278. The van der Waals surface area contributed by atoms with Crippen molar-refractivity contribution in [2.45, 2.75) is 52.5 Å². The minimum Gasteiger partial charge on any atom is -0.480 e. The van der Waals surface area contributed by atoms with E-state index in [1.807, 2.05) is 13.8 Å². The number of hydrogen-bond acceptors (Lipinski definition) is 2. The van der Waals surface area contributed by atoms with Crippen molar-refractivity contribution in [1.29, 1.82) is 0 Å². The smallest absolute Gasteiger partial charge is 0.323 e. The topological polar surface area (TPSA) is 57.6 Å². The maximum atomic E-state index is 12.4. The number of carbonyl (C=O) groups excluding carboxylic acids is 1. The summed E-state index contributed by atoms with van der Waals surface area (Å²) in [6.07, 6.45) is 3.71. The van der Waals surface area contributed by atoms with Crippen molar-refractivity contribution in [3.8, 4) is 0 Å². The Balaban J connectivity index is 2.70. The van der Waals surface area contributed by atoms with E-state index in [-0.39, 0.29) is 30.3 Å². The lowest BCUT2D eigenvalue weighted by Gasteiger charge is -2.28. The lowest BCUT2D eigenvalue weighted by Crippen LogP contribution is -2.42. The quantitative estimate of drug-likeness (QED) is 0.743. The highest BCUT2D eigenvalue weighted by Gasteiger charge is 2.37. The van der Waals surface area contributed by atoms with Crippen LogP contribution in [0.15, 0.2) is 0 Å². The summed E-state index contributed by atoms with van der Waals surface area (Å²) >= 11 is 0. The van der Waals surface area contributed by atoms with Gasteiger partial charge in [-0.15, -0.1) is 0 Å². The maximum Gasteiger partial charge on any atom is 0.323 e. The summed E-state index contributed by atoms with van der Waals surface area (Å²) in [7, 11) is 0. The van der Waals surface area contributed by atoms with Crippen LogP contribution in [0.25, 0.3) is 0 Å². The Kier molecular flexibility index (Phi) is 4.97. The molecule has 4 nitrogen and oxygen atoms in total. The number of amides is 1. The SMILES string of the molecule is CCCC(C(=O)N(CC(=O)O)C1CC1)C(C)C. The van der Waals surface area contributed by atoms with Crippen LogP contribution >= 0.6 is 0 Å². The van der Waals surface area contributed by atoms with E-state index < -0.39 is 5.97 Å². The molecule has 1 unspecified atom stereocenters. The van der Waals surface area contributed by atoms with E-state index in [0.717, 1.165) is 25.7 Å². The lowest BCUT2D eigenvalue weighted by atomic mass is 9.90. The van der Waals surface area contributed by atoms with E-state index in [0.29, 0.717) is 0 Å². The average molecular weight is 241 g/mol. The molecular weight excluding hydrogens is 218 g/mol. The zero-order chi connectivity index (χ0) is 13.0. The second kappa shape index (κ2) is 6.03.